The standard InChI is InChI=1S/C7H11N3S3/c1-7(11-3-2-4-12-7)5-9-10-6(8)13-5/h2-4H2,1H3,(H2,8,10). The molecule has 6 heteroatoms. The third-order valence-corrected chi connectivity index (χ3v) is 6.29. The maximum absolute atomic E-state index is 5.57. The van der Waals surface area contributed by atoms with E-state index in [0.717, 1.165) is 5.01 Å². The molecule has 3 nitrogen and oxygen atoms in total. The topological polar surface area (TPSA) is 51.8 Å². The number of thioether (sulfide) groups is 2. The number of hydrogen-bond donors (Lipinski definition) is 1. The molecule has 0 bridgehead atoms. The minimum absolute atomic E-state index is 0.0908. The van der Waals surface area contributed by atoms with E-state index in [1.165, 1.54) is 29.3 Å². The average Bonchev–Trinajstić information content (AvgIpc) is 2.54. The minimum atomic E-state index is 0.0908. The van der Waals surface area contributed by atoms with E-state index in [9.17, 15) is 0 Å². The largest absolute Gasteiger partial charge is 0.374 e. The number of nitrogens with two attached hydrogens (primary N) is 1. The van der Waals surface area contributed by atoms with Crippen molar-refractivity contribution in [2.45, 2.75) is 17.4 Å². The lowest BCUT2D eigenvalue weighted by Crippen LogP contribution is -2.18. The summed E-state index contributed by atoms with van der Waals surface area (Å²) < 4.78 is 0.0908. The molecule has 72 valence electrons. The first kappa shape index (κ1) is 9.61. The number of nitrogen functional groups attached to an aromatic ring is 1. The monoisotopic (exact) mass is 233 g/mol. The van der Waals surface area contributed by atoms with Crippen LogP contribution in [0.15, 0.2) is 0 Å². The van der Waals surface area contributed by atoms with E-state index in [1.54, 1.807) is 0 Å². The molecule has 0 amide bonds. The summed E-state index contributed by atoms with van der Waals surface area (Å²) in [5.74, 6) is 2.42. The summed E-state index contributed by atoms with van der Waals surface area (Å²) in [6.07, 6.45) is 1.29. The van der Waals surface area contributed by atoms with Gasteiger partial charge in [-0.3, -0.25) is 0 Å². The molecule has 2 heterocycles. The van der Waals surface area contributed by atoms with Crippen molar-refractivity contribution >= 4 is 40.0 Å². The highest BCUT2D eigenvalue weighted by Gasteiger charge is 2.33. The van der Waals surface area contributed by atoms with Gasteiger partial charge in [-0.25, -0.2) is 0 Å². The maximum Gasteiger partial charge on any atom is 0.203 e. The smallest absolute Gasteiger partial charge is 0.203 e. The molecule has 1 aliphatic rings. The summed E-state index contributed by atoms with van der Waals surface area (Å²) in [5.41, 5.74) is 5.57. The third kappa shape index (κ3) is 1.94. The van der Waals surface area contributed by atoms with Crippen LogP contribution in [0.4, 0.5) is 5.13 Å². The third-order valence-electron chi connectivity index (χ3n) is 1.87. The molecule has 1 aromatic rings. The Bertz CT molecular complexity index is 293. The molecule has 1 fully saturated rings. The van der Waals surface area contributed by atoms with Crippen LogP contribution in [0.2, 0.25) is 0 Å². The Kier molecular flexibility index (Phi) is 2.71. The molecule has 0 saturated carbocycles. The van der Waals surface area contributed by atoms with Gasteiger partial charge < -0.3 is 5.73 Å². The zero-order valence-electron chi connectivity index (χ0n) is 7.32. The van der Waals surface area contributed by atoms with Crippen LogP contribution >= 0.6 is 34.9 Å². The second-order valence-corrected chi connectivity index (χ2v) is 7.24. The summed E-state index contributed by atoms with van der Waals surface area (Å²) in [7, 11) is 0. The minimum Gasteiger partial charge on any atom is -0.374 e. The van der Waals surface area contributed by atoms with Crippen molar-refractivity contribution in [2.24, 2.45) is 0 Å². The highest BCUT2D eigenvalue weighted by Crippen LogP contribution is 2.50. The number of nitrogens with zero attached hydrogens (tertiary/aromatic N) is 2. The highest BCUT2D eigenvalue weighted by molar-refractivity contribution is 8.18. The molecule has 1 aliphatic heterocycles. The first-order chi connectivity index (χ1) is 6.21. The van der Waals surface area contributed by atoms with Crippen LogP contribution in [-0.4, -0.2) is 21.7 Å². The van der Waals surface area contributed by atoms with Gasteiger partial charge in [0.05, 0.1) is 0 Å². The van der Waals surface area contributed by atoms with Gasteiger partial charge in [0.2, 0.25) is 5.13 Å². The maximum atomic E-state index is 5.57. The molecule has 0 aliphatic carbocycles. The molecule has 1 aromatic heterocycles. The van der Waals surface area contributed by atoms with Crippen molar-refractivity contribution < 1.29 is 0 Å². The van der Waals surface area contributed by atoms with E-state index in [0.29, 0.717) is 5.13 Å². The van der Waals surface area contributed by atoms with Crippen LogP contribution in [-0.2, 0) is 4.08 Å². The van der Waals surface area contributed by atoms with Gasteiger partial charge in [-0.15, -0.1) is 33.7 Å². The second kappa shape index (κ2) is 3.67. The van der Waals surface area contributed by atoms with E-state index >= 15 is 0 Å². The van der Waals surface area contributed by atoms with E-state index in [4.69, 9.17) is 5.73 Å². The molecule has 2 rings (SSSR count). The lowest BCUT2D eigenvalue weighted by Gasteiger charge is -2.29. The lowest BCUT2D eigenvalue weighted by atomic mass is 10.5. The van der Waals surface area contributed by atoms with Crippen LogP contribution in [0, 0.1) is 0 Å². The summed E-state index contributed by atoms with van der Waals surface area (Å²) in [5, 5.41) is 9.60. The Morgan fingerprint density at radius 1 is 1.31 bits per heavy atom. The number of hydrogen-bond acceptors (Lipinski definition) is 6. The summed E-state index contributed by atoms with van der Waals surface area (Å²) in [4.78, 5) is 0. The van der Waals surface area contributed by atoms with Crippen molar-refractivity contribution in [1.82, 2.24) is 10.2 Å². The molecule has 0 unspecified atom stereocenters. The predicted octanol–water partition coefficient (Wildman–Crippen LogP) is 2.16. The van der Waals surface area contributed by atoms with Gasteiger partial charge in [0.1, 0.15) is 9.09 Å². The fourth-order valence-electron chi connectivity index (χ4n) is 1.18. The van der Waals surface area contributed by atoms with Crippen molar-refractivity contribution in [1.29, 1.82) is 0 Å². The molecule has 0 radical (unpaired) electrons. The van der Waals surface area contributed by atoms with Crippen molar-refractivity contribution in [3.63, 3.8) is 0 Å². The fourth-order valence-corrected chi connectivity index (χ4v) is 5.03. The van der Waals surface area contributed by atoms with Crippen LogP contribution in [0.25, 0.3) is 0 Å². The van der Waals surface area contributed by atoms with Crippen molar-refractivity contribution in [2.75, 3.05) is 17.2 Å². The SMILES string of the molecule is CC1(c2nnc(N)s2)SCCCS1. The molecule has 0 aromatic carbocycles. The summed E-state index contributed by atoms with van der Waals surface area (Å²) in [6, 6.07) is 0. The first-order valence-electron chi connectivity index (χ1n) is 4.08. The molecule has 1 saturated heterocycles. The Hall–Kier alpha value is 0.0600. The van der Waals surface area contributed by atoms with Crippen LogP contribution in [0.3, 0.4) is 0 Å². The van der Waals surface area contributed by atoms with Gasteiger partial charge >= 0.3 is 0 Å². The van der Waals surface area contributed by atoms with Crippen LogP contribution in [0.5, 0.6) is 0 Å². The second-order valence-electron chi connectivity index (χ2n) is 2.94. The summed E-state index contributed by atoms with van der Waals surface area (Å²) in [6.45, 7) is 2.21. The molecule has 0 spiro atoms. The fraction of sp³-hybridized carbons (Fsp3) is 0.714. The lowest BCUT2D eigenvalue weighted by molar-refractivity contribution is 0.904. The Labute approximate surface area is 89.9 Å². The summed E-state index contributed by atoms with van der Waals surface area (Å²) >= 11 is 5.40. The molecule has 0 atom stereocenters. The van der Waals surface area contributed by atoms with Gasteiger partial charge in [0.25, 0.3) is 0 Å². The van der Waals surface area contributed by atoms with Gasteiger partial charge in [-0.1, -0.05) is 11.3 Å². The highest BCUT2D eigenvalue weighted by atomic mass is 32.2. The van der Waals surface area contributed by atoms with Gasteiger partial charge in [-0.2, -0.15) is 0 Å². The number of rotatable bonds is 1. The Morgan fingerprint density at radius 2 is 2.00 bits per heavy atom. The normalized spacial score (nSPS) is 21.6. The van der Waals surface area contributed by atoms with Crippen LogP contribution in [0.1, 0.15) is 18.4 Å². The molecule has 13 heavy (non-hydrogen) atoms. The first-order valence-corrected chi connectivity index (χ1v) is 6.87. The van der Waals surface area contributed by atoms with Crippen molar-refractivity contribution in [3.8, 4) is 0 Å². The number of aromatic nitrogens is 2. The van der Waals surface area contributed by atoms with E-state index in [-0.39, 0.29) is 4.08 Å². The van der Waals surface area contributed by atoms with Gasteiger partial charge in [0, 0.05) is 0 Å². The van der Waals surface area contributed by atoms with Crippen LogP contribution < -0.4 is 5.73 Å². The molecule has 2 N–H and O–H groups in total. The zero-order valence-corrected chi connectivity index (χ0v) is 9.77. The predicted molar refractivity (Wildman–Crippen MR) is 61.2 cm³/mol. The molecular weight excluding hydrogens is 222 g/mol. The molecular formula is C7H11N3S3. The van der Waals surface area contributed by atoms with E-state index in [2.05, 4.69) is 17.1 Å². The van der Waals surface area contributed by atoms with Gasteiger partial charge in [0.15, 0.2) is 0 Å². The average molecular weight is 233 g/mol. The Balaban J connectivity index is 2.22. The van der Waals surface area contributed by atoms with E-state index in [1.807, 2.05) is 23.5 Å². The zero-order chi connectivity index (χ0) is 9.31. The van der Waals surface area contributed by atoms with Crippen molar-refractivity contribution in [3.05, 3.63) is 5.01 Å². The Morgan fingerprint density at radius 3 is 2.54 bits per heavy atom. The quantitative estimate of drug-likeness (QED) is 0.805. The number of anilines is 1. The van der Waals surface area contributed by atoms with Gasteiger partial charge in [-0.05, 0) is 24.9 Å². The van der Waals surface area contributed by atoms with E-state index < -0.39 is 0 Å².